The van der Waals surface area contributed by atoms with Crippen molar-refractivity contribution in [2.24, 2.45) is 0 Å². The van der Waals surface area contributed by atoms with Crippen LogP contribution in [0.3, 0.4) is 0 Å². The molecule has 0 unspecified atom stereocenters. The number of hydrogen-bond donors (Lipinski definition) is 0. The van der Waals surface area contributed by atoms with Gasteiger partial charge in [0.2, 0.25) is 10.0 Å². The second-order valence-corrected chi connectivity index (χ2v) is 9.40. The Kier molecular flexibility index (Phi) is 6.59. The first-order valence-electron chi connectivity index (χ1n) is 9.87. The van der Waals surface area contributed by atoms with Crippen molar-refractivity contribution in [1.29, 1.82) is 0 Å². The summed E-state index contributed by atoms with van der Waals surface area (Å²) in [6, 6.07) is 14.4. The van der Waals surface area contributed by atoms with Crippen molar-refractivity contribution in [3.05, 3.63) is 59.7 Å². The van der Waals surface area contributed by atoms with Crippen molar-refractivity contribution in [2.75, 3.05) is 20.2 Å². The van der Waals surface area contributed by atoms with Crippen molar-refractivity contribution >= 4 is 15.9 Å². The molecule has 0 atom stereocenters. The molecule has 1 amide bonds. The van der Waals surface area contributed by atoms with Gasteiger partial charge in [0.15, 0.2) is 0 Å². The molecule has 0 saturated carbocycles. The van der Waals surface area contributed by atoms with Crippen molar-refractivity contribution in [2.45, 2.75) is 44.2 Å². The second kappa shape index (κ2) is 8.97. The van der Waals surface area contributed by atoms with Gasteiger partial charge in [-0.1, -0.05) is 30.3 Å². The van der Waals surface area contributed by atoms with Crippen molar-refractivity contribution < 1.29 is 17.9 Å². The molecular weight excluding hydrogens is 388 g/mol. The highest BCUT2D eigenvalue weighted by Gasteiger charge is 2.31. The number of carbonyl (C=O) groups excluding carboxylic acids is 1. The maximum atomic E-state index is 13.3. The fourth-order valence-electron chi connectivity index (χ4n) is 3.51. The molecule has 1 heterocycles. The number of hydrogen-bond acceptors (Lipinski definition) is 4. The smallest absolute Gasteiger partial charge is 0.254 e. The van der Waals surface area contributed by atoms with Crippen LogP contribution in [0.15, 0.2) is 53.4 Å². The van der Waals surface area contributed by atoms with E-state index < -0.39 is 10.0 Å². The Hall–Kier alpha value is -2.38. The number of nitrogens with zero attached hydrogens (tertiary/aromatic N) is 2. The van der Waals surface area contributed by atoms with Gasteiger partial charge < -0.3 is 9.64 Å². The zero-order chi connectivity index (χ0) is 21.0. The van der Waals surface area contributed by atoms with Gasteiger partial charge in [-0.15, -0.1) is 0 Å². The summed E-state index contributed by atoms with van der Waals surface area (Å²) in [5.41, 5.74) is 1.36. The minimum absolute atomic E-state index is 0.0385. The number of ether oxygens (including phenoxy) is 1. The van der Waals surface area contributed by atoms with Gasteiger partial charge >= 0.3 is 0 Å². The Bertz CT molecular complexity index is 952. The maximum absolute atomic E-state index is 13.3. The lowest BCUT2D eigenvalue weighted by Crippen LogP contribution is -2.36. The summed E-state index contributed by atoms with van der Waals surface area (Å²) in [6.45, 7) is 5.35. The zero-order valence-corrected chi connectivity index (χ0v) is 18.0. The Morgan fingerprint density at radius 2 is 1.76 bits per heavy atom. The number of amides is 1. The summed E-state index contributed by atoms with van der Waals surface area (Å²) in [5, 5.41) is 0. The molecule has 6 nitrogen and oxygen atoms in total. The Morgan fingerprint density at radius 3 is 2.34 bits per heavy atom. The molecule has 2 aromatic carbocycles. The first kappa shape index (κ1) is 21.3. The molecule has 0 N–H and O–H groups in total. The van der Waals surface area contributed by atoms with E-state index in [4.69, 9.17) is 4.74 Å². The van der Waals surface area contributed by atoms with E-state index in [-0.39, 0.29) is 22.6 Å². The summed E-state index contributed by atoms with van der Waals surface area (Å²) in [6.07, 6.45) is 1.69. The molecule has 1 saturated heterocycles. The number of sulfonamides is 1. The standard InChI is InChI=1S/C22H28N2O4S/c1-17(2)24(16-18-9-5-4-6-10-18)22(25)19-11-12-20(28-3)21(15-19)29(26,27)23-13-7-8-14-23/h4-6,9-12,15,17H,7-8,13-14,16H2,1-3H3. The molecule has 29 heavy (non-hydrogen) atoms. The van der Waals surface area contributed by atoms with E-state index in [2.05, 4.69) is 0 Å². The molecule has 0 bridgehead atoms. The van der Waals surface area contributed by atoms with Gasteiger partial charge in [-0.05, 0) is 50.5 Å². The highest BCUT2D eigenvalue weighted by Crippen LogP contribution is 2.30. The lowest BCUT2D eigenvalue weighted by molar-refractivity contribution is 0.0690. The van der Waals surface area contributed by atoms with Crippen LogP contribution in [0.2, 0.25) is 0 Å². The van der Waals surface area contributed by atoms with Gasteiger partial charge in [0.1, 0.15) is 10.6 Å². The van der Waals surface area contributed by atoms with Crippen LogP contribution >= 0.6 is 0 Å². The van der Waals surface area contributed by atoms with E-state index in [9.17, 15) is 13.2 Å². The van der Waals surface area contributed by atoms with Crippen LogP contribution in [0.5, 0.6) is 5.75 Å². The highest BCUT2D eigenvalue weighted by molar-refractivity contribution is 7.89. The molecule has 156 valence electrons. The van der Waals surface area contributed by atoms with Crippen LogP contribution in [0.4, 0.5) is 0 Å². The van der Waals surface area contributed by atoms with Crippen LogP contribution in [0.25, 0.3) is 0 Å². The van der Waals surface area contributed by atoms with Crippen LogP contribution in [-0.2, 0) is 16.6 Å². The van der Waals surface area contributed by atoms with Gasteiger partial charge in [-0.3, -0.25) is 4.79 Å². The van der Waals surface area contributed by atoms with E-state index in [0.717, 1.165) is 18.4 Å². The molecule has 1 aliphatic heterocycles. The van der Waals surface area contributed by atoms with Crippen LogP contribution in [0, 0.1) is 0 Å². The van der Waals surface area contributed by atoms with Gasteiger partial charge in [-0.25, -0.2) is 8.42 Å². The molecular formula is C22H28N2O4S. The van der Waals surface area contributed by atoms with Crippen LogP contribution in [-0.4, -0.2) is 49.8 Å². The quantitative estimate of drug-likeness (QED) is 0.693. The van der Waals surface area contributed by atoms with Crippen molar-refractivity contribution in [3.63, 3.8) is 0 Å². The highest BCUT2D eigenvalue weighted by atomic mass is 32.2. The Balaban J connectivity index is 1.96. The first-order chi connectivity index (χ1) is 13.8. The van der Waals surface area contributed by atoms with E-state index in [1.807, 2.05) is 44.2 Å². The third-order valence-corrected chi connectivity index (χ3v) is 7.09. The number of carbonyl (C=O) groups is 1. The van der Waals surface area contributed by atoms with Gasteiger partial charge in [0.05, 0.1) is 7.11 Å². The maximum Gasteiger partial charge on any atom is 0.254 e. The van der Waals surface area contributed by atoms with E-state index in [0.29, 0.717) is 25.2 Å². The third-order valence-electron chi connectivity index (χ3n) is 5.17. The first-order valence-corrected chi connectivity index (χ1v) is 11.3. The lowest BCUT2D eigenvalue weighted by Gasteiger charge is -2.27. The summed E-state index contributed by atoms with van der Waals surface area (Å²) in [7, 11) is -2.26. The molecule has 0 aliphatic carbocycles. The molecule has 0 radical (unpaired) electrons. The normalized spacial score (nSPS) is 14.9. The largest absolute Gasteiger partial charge is 0.495 e. The summed E-state index contributed by atoms with van der Waals surface area (Å²) in [4.78, 5) is 15.1. The summed E-state index contributed by atoms with van der Waals surface area (Å²) >= 11 is 0. The molecule has 1 fully saturated rings. The van der Waals surface area contributed by atoms with Gasteiger partial charge in [0, 0.05) is 31.2 Å². The fourth-order valence-corrected chi connectivity index (χ4v) is 5.21. The Morgan fingerprint density at radius 1 is 1.10 bits per heavy atom. The summed E-state index contributed by atoms with van der Waals surface area (Å²) in [5.74, 6) is 0.0528. The van der Waals surface area contributed by atoms with E-state index in [1.165, 1.54) is 17.5 Å². The predicted octanol–water partition coefficient (Wildman–Crippen LogP) is 3.53. The number of rotatable bonds is 7. The fraction of sp³-hybridized carbons (Fsp3) is 0.409. The minimum atomic E-state index is -3.70. The van der Waals surface area contributed by atoms with E-state index >= 15 is 0 Å². The van der Waals surface area contributed by atoms with E-state index in [1.54, 1.807) is 17.0 Å². The average molecular weight is 417 g/mol. The molecule has 0 aromatic heterocycles. The third kappa shape index (κ3) is 4.62. The summed E-state index contributed by atoms with van der Waals surface area (Å²) < 4.78 is 33.0. The van der Waals surface area contributed by atoms with Crippen LogP contribution < -0.4 is 4.74 Å². The van der Waals surface area contributed by atoms with Crippen molar-refractivity contribution in [1.82, 2.24) is 9.21 Å². The number of benzene rings is 2. The number of methoxy groups -OCH3 is 1. The van der Waals surface area contributed by atoms with Gasteiger partial charge in [0.25, 0.3) is 5.91 Å². The monoisotopic (exact) mass is 416 g/mol. The van der Waals surface area contributed by atoms with Crippen LogP contribution in [0.1, 0.15) is 42.6 Å². The molecule has 7 heteroatoms. The lowest BCUT2D eigenvalue weighted by atomic mass is 10.1. The topological polar surface area (TPSA) is 66.9 Å². The molecule has 1 aliphatic rings. The Labute approximate surface area is 173 Å². The molecule has 3 rings (SSSR count). The SMILES string of the molecule is COc1ccc(C(=O)N(Cc2ccccc2)C(C)C)cc1S(=O)(=O)N1CCCC1. The zero-order valence-electron chi connectivity index (χ0n) is 17.2. The predicted molar refractivity (Wildman–Crippen MR) is 112 cm³/mol. The second-order valence-electron chi connectivity index (χ2n) is 7.49. The average Bonchev–Trinajstić information content (AvgIpc) is 3.27. The van der Waals surface area contributed by atoms with Gasteiger partial charge in [-0.2, -0.15) is 4.31 Å². The molecule has 2 aromatic rings. The molecule has 0 spiro atoms. The minimum Gasteiger partial charge on any atom is -0.495 e. The van der Waals surface area contributed by atoms with Crippen molar-refractivity contribution in [3.8, 4) is 5.75 Å².